The predicted octanol–water partition coefficient (Wildman–Crippen LogP) is 0.454. The molecule has 0 aromatic carbocycles. The quantitative estimate of drug-likeness (QED) is 0.686. The number of carbonyl (C=O) groups is 1. The van der Waals surface area contributed by atoms with Gasteiger partial charge in [-0.15, -0.1) is 0 Å². The second kappa shape index (κ2) is 5.66. The Morgan fingerprint density at radius 1 is 1.73 bits per heavy atom. The lowest BCUT2D eigenvalue weighted by Crippen LogP contribution is -2.56. The van der Waals surface area contributed by atoms with Crippen LogP contribution < -0.4 is 5.32 Å². The van der Waals surface area contributed by atoms with E-state index in [2.05, 4.69) is 17.2 Å². The van der Waals surface area contributed by atoms with Crippen LogP contribution in [-0.4, -0.2) is 49.7 Å². The van der Waals surface area contributed by atoms with E-state index >= 15 is 0 Å². The van der Waals surface area contributed by atoms with Crippen molar-refractivity contribution in [2.24, 2.45) is 4.99 Å². The Balaban J connectivity index is 2.81. The number of hydrogen-bond acceptors (Lipinski definition) is 3. The maximum absolute atomic E-state index is 11.7. The zero-order valence-electron chi connectivity index (χ0n) is 9.66. The van der Waals surface area contributed by atoms with Crippen molar-refractivity contribution in [3.8, 4) is 0 Å². The van der Waals surface area contributed by atoms with Crippen molar-refractivity contribution in [1.29, 1.82) is 0 Å². The first-order chi connectivity index (χ1) is 7.20. The summed E-state index contributed by atoms with van der Waals surface area (Å²) in [6.07, 6.45) is 4.92. The average molecular weight is 209 g/mol. The summed E-state index contributed by atoms with van der Waals surface area (Å²) in [6.45, 7) is 3.66. The highest BCUT2D eigenvalue weighted by Crippen LogP contribution is 2.05. The van der Waals surface area contributed by atoms with Gasteiger partial charge in [-0.3, -0.25) is 14.7 Å². The lowest BCUT2D eigenvalue weighted by atomic mass is 10.1. The topological polar surface area (TPSA) is 44.7 Å². The van der Waals surface area contributed by atoms with Crippen LogP contribution in [0, 0.1) is 0 Å². The second-order valence-electron chi connectivity index (χ2n) is 3.63. The van der Waals surface area contributed by atoms with Crippen molar-refractivity contribution in [3.05, 3.63) is 12.2 Å². The summed E-state index contributed by atoms with van der Waals surface area (Å²) >= 11 is 0. The highest BCUT2D eigenvalue weighted by atomic mass is 16.2. The third-order valence-electron chi connectivity index (χ3n) is 2.52. The molecule has 1 atom stereocenters. The summed E-state index contributed by atoms with van der Waals surface area (Å²) in [5.74, 6) is 0.0464. The molecule has 4 nitrogen and oxygen atoms in total. The molecule has 0 aromatic rings. The van der Waals surface area contributed by atoms with E-state index in [1.807, 2.05) is 24.1 Å². The van der Waals surface area contributed by atoms with Crippen LogP contribution in [0.2, 0.25) is 0 Å². The Morgan fingerprint density at radius 2 is 2.47 bits per heavy atom. The molecule has 1 saturated heterocycles. The van der Waals surface area contributed by atoms with E-state index in [0.29, 0.717) is 0 Å². The van der Waals surface area contributed by atoms with Crippen LogP contribution in [0.25, 0.3) is 0 Å². The van der Waals surface area contributed by atoms with Gasteiger partial charge in [-0.1, -0.05) is 13.0 Å². The molecule has 15 heavy (non-hydrogen) atoms. The van der Waals surface area contributed by atoms with E-state index < -0.39 is 0 Å². The summed E-state index contributed by atoms with van der Waals surface area (Å²) in [4.78, 5) is 17.9. The van der Waals surface area contributed by atoms with E-state index in [0.717, 1.165) is 25.2 Å². The van der Waals surface area contributed by atoms with Crippen LogP contribution in [-0.2, 0) is 4.79 Å². The van der Waals surface area contributed by atoms with Gasteiger partial charge in [-0.25, -0.2) is 0 Å². The van der Waals surface area contributed by atoms with E-state index in [1.165, 1.54) is 0 Å². The maximum Gasteiger partial charge on any atom is 0.243 e. The molecule has 1 N–H and O–H groups in total. The van der Waals surface area contributed by atoms with Crippen molar-refractivity contribution in [2.45, 2.75) is 19.4 Å². The number of hydrogen-bond donors (Lipinski definition) is 1. The second-order valence-corrected chi connectivity index (χ2v) is 3.63. The van der Waals surface area contributed by atoms with Gasteiger partial charge in [0.15, 0.2) is 0 Å². The zero-order chi connectivity index (χ0) is 11.3. The first-order valence-electron chi connectivity index (χ1n) is 5.31. The molecule has 1 amide bonds. The first kappa shape index (κ1) is 11.9. The smallest absolute Gasteiger partial charge is 0.243 e. The van der Waals surface area contributed by atoms with Crippen LogP contribution in [0.4, 0.5) is 0 Å². The van der Waals surface area contributed by atoms with E-state index in [-0.39, 0.29) is 11.9 Å². The van der Waals surface area contributed by atoms with Crippen molar-refractivity contribution in [1.82, 2.24) is 10.2 Å². The first-order valence-corrected chi connectivity index (χ1v) is 5.31. The van der Waals surface area contributed by atoms with E-state index in [4.69, 9.17) is 0 Å². The number of amides is 1. The minimum atomic E-state index is -0.230. The fourth-order valence-electron chi connectivity index (χ4n) is 1.67. The van der Waals surface area contributed by atoms with Crippen molar-refractivity contribution in [3.63, 3.8) is 0 Å². The number of carbonyl (C=O) groups excluding carboxylic acids is 1. The molecule has 0 bridgehead atoms. The number of piperazine rings is 1. The van der Waals surface area contributed by atoms with Gasteiger partial charge in [0.05, 0.1) is 5.71 Å². The SMILES string of the molecule is CC/C=C\C(=NC)C1C(=O)NCCN1C. The number of nitrogens with zero attached hydrogens (tertiary/aromatic N) is 2. The van der Waals surface area contributed by atoms with Crippen molar-refractivity contribution >= 4 is 11.6 Å². The van der Waals surface area contributed by atoms with Gasteiger partial charge < -0.3 is 5.32 Å². The standard InChI is InChI=1S/C11H19N3O/c1-4-5-6-9(12-2)10-11(15)13-7-8-14(10)3/h5-6,10H,4,7-8H2,1-3H3,(H,13,15)/b6-5-,12-9?. The third kappa shape index (κ3) is 2.89. The zero-order valence-corrected chi connectivity index (χ0v) is 9.66. The Bertz CT molecular complexity index is 284. The van der Waals surface area contributed by atoms with Crippen LogP contribution in [0.5, 0.6) is 0 Å². The van der Waals surface area contributed by atoms with E-state index in [1.54, 1.807) is 7.05 Å². The van der Waals surface area contributed by atoms with Gasteiger partial charge in [-0.2, -0.15) is 0 Å². The largest absolute Gasteiger partial charge is 0.353 e. The number of likely N-dealkylation sites (N-methyl/N-ethyl adjacent to an activating group) is 1. The van der Waals surface area contributed by atoms with Gasteiger partial charge >= 0.3 is 0 Å². The summed E-state index contributed by atoms with van der Waals surface area (Å²) < 4.78 is 0. The summed E-state index contributed by atoms with van der Waals surface area (Å²) in [6, 6.07) is -0.230. The Kier molecular flexibility index (Phi) is 4.49. The van der Waals surface area contributed by atoms with Crippen LogP contribution >= 0.6 is 0 Å². The molecule has 0 spiro atoms. The molecule has 0 aliphatic carbocycles. The van der Waals surface area contributed by atoms with Crippen molar-refractivity contribution < 1.29 is 4.79 Å². The van der Waals surface area contributed by atoms with Gasteiger partial charge in [-0.05, 0) is 19.5 Å². The number of aliphatic imine (C=N–C) groups is 1. The fourth-order valence-corrected chi connectivity index (χ4v) is 1.67. The summed E-state index contributed by atoms with van der Waals surface area (Å²) in [5.41, 5.74) is 0.830. The number of allylic oxidation sites excluding steroid dienone is 1. The molecular formula is C11H19N3O. The van der Waals surface area contributed by atoms with Gasteiger partial charge in [0.1, 0.15) is 6.04 Å². The molecule has 0 aromatic heterocycles. The predicted molar refractivity (Wildman–Crippen MR) is 62.2 cm³/mol. The third-order valence-corrected chi connectivity index (χ3v) is 2.52. The lowest BCUT2D eigenvalue weighted by Gasteiger charge is -2.31. The maximum atomic E-state index is 11.7. The normalized spacial score (nSPS) is 24.6. The van der Waals surface area contributed by atoms with Crippen LogP contribution in [0.3, 0.4) is 0 Å². The molecular weight excluding hydrogens is 190 g/mol. The Hall–Kier alpha value is -1.16. The highest BCUT2D eigenvalue weighted by molar-refractivity contribution is 6.13. The molecule has 84 valence electrons. The summed E-state index contributed by atoms with van der Waals surface area (Å²) in [7, 11) is 3.68. The van der Waals surface area contributed by atoms with Gasteiger partial charge in [0.25, 0.3) is 0 Å². The monoisotopic (exact) mass is 209 g/mol. The van der Waals surface area contributed by atoms with Crippen LogP contribution in [0.1, 0.15) is 13.3 Å². The summed E-state index contributed by atoms with van der Waals surface area (Å²) in [5, 5.41) is 2.86. The molecule has 1 unspecified atom stereocenters. The molecule has 1 aliphatic rings. The van der Waals surface area contributed by atoms with Gasteiger partial charge in [0, 0.05) is 20.1 Å². The lowest BCUT2D eigenvalue weighted by molar-refractivity contribution is -0.125. The van der Waals surface area contributed by atoms with Crippen LogP contribution in [0.15, 0.2) is 17.1 Å². The average Bonchev–Trinajstić information content (AvgIpc) is 2.22. The molecule has 1 rings (SSSR count). The molecule has 4 heteroatoms. The van der Waals surface area contributed by atoms with Gasteiger partial charge in [0.2, 0.25) is 5.91 Å². The number of rotatable bonds is 3. The molecule has 0 radical (unpaired) electrons. The van der Waals surface area contributed by atoms with Crippen molar-refractivity contribution in [2.75, 3.05) is 27.2 Å². The molecule has 0 saturated carbocycles. The minimum absolute atomic E-state index is 0.0464. The highest BCUT2D eigenvalue weighted by Gasteiger charge is 2.29. The van der Waals surface area contributed by atoms with E-state index in [9.17, 15) is 4.79 Å². The molecule has 1 heterocycles. The molecule has 1 aliphatic heterocycles. The Labute approximate surface area is 91.1 Å². The minimum Gasteiger partial charge on any atom is -0.353 e. The molecule has 1 fully saturated rings. The fraction of sp³-hybridized carbons (Fsp3) is 0.636. The number of nitrogens with one attached hydrogen (secondary N) is 1. The Morgan fingerprint density at radius 3 is 3.00 bits per heavy atom.